The molecule has 6 rings (SSSR count). The Balaban J connectivity index is 1.41. The summed E-state index contributed by atoms with van der Waals surface area (Å²) in [5, 5.41) is 0. The molecule has 0 aliphatic carbocycles. The highest BCUT2D eigenvalue weighted by molar-refractivity contribution is 5.84. The smallest absolute Gasteiger partial charge is 0.150 e. The molecular formula is C41H34O5. The molecule has 0 heterocycles. The Kier molecular flexibility index (Phi) is 8.84. The van der Waals surface area contributed by atoms with Gasteiger partial charge < -0.3 is 18.9 Å². The van der Waals surface area contributed by atoms with E-state index in [1.54, 1.807) is 28.4 Å². The quantitative estimate of drug-likeness (QED) is 0.145. The van der Waals surface area contributed by atoms with Gasteiger partial charge in [-0.1, -0.05) is 72.8 Å². The number of hydrogen-bond donors (Lipinski definition) is 0. The highest BCUT2D eigenvalue weighted by Crippen LogP contribution is 2.38. The molecule has 0 bridgehead atoms. The third kappa shape index (κ3) is 6.21. The first kappa shape index (κ1) is 30.2. The zero-order chi connectivity index (χ0) is 32.0. The summed E-state index contributed by atoms with van der Waals surface area (Å²) in [6, 6.07) is 42.8. The first-order valence-electron chi connectivity index (χ1n) is 14.9. The van der Waals surface area contributed by atoms with Crippen LogP contribution in [-0.2, 0) is 0 Å². The minimum absolute atomic E-state index is 0.646. The predicted octanol–water partition coefficient (Wildman–Crippen LogP) is 9.87. The number of carbonyl (C=O) groups is 1. The maximum atomic E-state index is 11.3. The molecule has 0 aliphatic heterocycles. The molecule has 0 saturated heterocycles. The maximum Gasteiger partial charge on any atom is 0.150 e. The van der Waals surface area contributed by atoms with Crippen LogP contribution in [0.4, 0.5) is 0 Å². The highest BCUT2D eigenvalue weighted by Gasteiger charge is 2.12. The molecule has 0 spiro atoms. The molecule has 5 heteroatoms. The van der Waals surface area contributed by atoms with Crippen LogP contribution in [0.2, 0.25) is 0 Å². The third-order valence-corrected chi connectivity index (χ3v) is 8.18. The average Bonchev–Trinajstić information content (AvgIpc) is 3.14. The van der Waals surface area contributed by atoms with Crippen molar-refractivity contribution in [2.45, 2.75) is 0 Å². The van der Waals surface area contributed by atoms with Crippen molar-refractivity contribution in [2.24, 2.45) is 0 Å². The maximum absolute atomic E-state index is 11.3. The topological polar surface area (TPSA) is 54.0 Å². The van der Waals surface area contributed by atoms with Crippen molar-refractivity contribution in [3.8, 4) is 78.6 Å². The molecular weight excluding hydrogens is 572 g/mol. The molecule has 0 unspecified atom stereocenters. The Labute approximate surface area is 269 Å². The zero-order valence-corrected chi connectivity index (χ0v) is 26.2. The summed E-state index contributed by atoms with van der Waals surface area (Å²) in [7, 11) is 6.67. The van der Waals surface area contributed by atoms with Crippen molar-refractivity contribution in [3.63, 3.8) is 0 Å². The molecule has 0 fully saturated rings. The first-order valence-corrected chi connectivity index (χ1v) is 14.9. The van der Waals surface area contributed by atoms with E-state index in [4.69, 9.17) is 18.9 Å². The summed E-state index contributed by atoms with van der Waals surface area (Å²) in [5.74, 6) is 3.11. The Morgan fingerprint density at radius 1 is 0.370 bits per heavy atom. The first-order chi connectivity index (χ1) is 22.5. The fourth-order valence-corrected chi connectivity index (χ4v) is 5.65. The molecule has 228 valence electrons. The van der Waals surface area contributed by atoms with Gasteiger partial charge in [-0.25, -0.2) is 0 Å². The van der Waals surface area contributed by atoms with E-state index in [-0.39, 0.29) is 0 Å². The van der Waals surface area contributed by atoms with Crippen LogP contribution < -0.4 is 18.9 Å². The van der Waals surface area contributed by atoms with Crippen LogP contribution in [0.1, 0.15) is 10.4 Å². The number of hydrogen-bond acceptors (Lipinski definition) is 5. The molecule has 0 amide bonds. The minimum Gasteiger partial charge on any atom is -0.497 e. The standard InChI is InChI=1S/C41H34O5/c1-43-36-17-19-40(45-3)38(24-36)31-13-9-29(10-14-31)34-21-33(28-7-5-27(26-42)6-8-28)22-35(23-34)30-11-15-32(16-12-30)39-25-37(44-2)18-20-41(39)46-4/h5-26H,1-4H3. The number of aldehydes is 1. The normalized spacial score (nSPS) is 10.7. The van der Waals surface area contributed by atoms with Gasteiger partial charge in [0, 0.05) is 16.7 Å². The summed E-state index contributed by atoms with van der Waals surface area (Å²) in [5.41, 5.74) is 11.0. The van der Waals surface area contributed by atoms with Crippen LogP contribution in [-0.4, -0.2) is 34.7 Å². The van der Waals surface area contributed by atoms with E-state index >= 15 is 0 Å². The van der Waals surface area contributed by atoms with Crippen molar-refractivity contribution in [1.82, 2.24) is 0 Å². The average molecular weight is 607 g/mol. The molecule has 0 radical (unpaired) electrons. The molecule has 6 aromatic rings. The lowest BCUT2D eigenvalue weighted by Gasteiger charge is -2.14. The van der Waals surface area contributed by atoms with E-state index in [1.807, 2.05) is 60.7 Å². The van der Waals surface area contributed by atoms with Gasteiger partial charge in [-0.05, 0) is 99.1 Å². The lowest BCUT2D eigenvalue weighted by Crippen LogP contribution is -1.91. The largest absolute Gasteiger partial charge is 0.497 e. The van der Waals surface area contributed by atoms with Gasteiger partial charge >= 0.3 is 0 Å². The van der Waals surface area contributed by atoms with Crippen molar-refractivity contribution in [1.29, 1.82) is 0 Å². The monoisotopic (exact) mass is 606 g/mol. The molecule has 0 aromatic heterocycles. The Morgan fingerprint density at radius 2 is 0.717 bits per heavy atom. The van der Waals surface area contributed by atoms with Crippen LogP contribution in [0.5, 0.6) is 23.0 Å². The lowest BCUT2D eigenvalue weighted by molar-refractivity contribution is 0.112. The van der Waals surface area contributed by atoms with E-state index in [0.717, 1.165) is 84.9 Å². The second kappa shape index (κ2) is 13.4. The van der Waals surface area contributed by atoms with Gasteiger partial charge in [0.15, 0.2) is 0 Å². The second-order valence-corrected chi connectivity index (χ2v) is 10.8. The molecule has 0 atom stereocenters. The van der Waals surface area contributed by atoms with E-state index in [2.05, 4.69) is 66.7 Å². The molecule has 5 nitrogen and oxygen atoms in total. The Bertz CT molecular complexity index is 1860. The molecule has 0 saturated carbocycles. The van der Waals surface area contributed by atoms with E-state index in [1.165, 1.54) is 0 Å². The summed E-state index contributed by atoms with van der Waals surface area (Å²) in [4.78, 5) is 11.3. The number of benzene rings is 6. The second-order valence-electron chi connectivity index (χ2n) is 10.8. The van der Waals surface area contributed by atoms with Crippen molar-refractivity contribution in [2.75, 3.05) is 28.4 Å². The van der Waals surface area contributed by atoms with Gasteiger partial charge in [-0.15, -0.1) is 0 Å². The SMILES string of the molecule is COc1ccc(OC)c(-c2ccc(-c3cc(-c4ccc(C=O)cc4)cc(-c4ccc(-c5cc(OC)ccc5OC)cc4)c3)cc2)c1. The highest BCUT2D eigenvalue weighted by atomic mass is 16.5. The molecule has 6 aromatic carbocycles. The summed E-state index contributed by atoms with van der Waals surface area (Å²) < 4.78 is 22.2. The van der Waals surface area contributed by atoms with E-state index < -0.39 is 0 Å². The Morgan fingerprint density at radius 3 is 1.04 bits per heavy atom. The van der Waals surface area contributed by atoms with Crippen LogP contribution >= 0.6 is 0 Å². The third-order valence-electron chi connectivity index (χ3n) is 8.18. The summed E-state index contributed by atoms with van der Waals surface area (Å²) >= 11 is 0. The van der Waals surface area contributed by atoms with Crippen molar-refractivity contribution >= 4 is 6.29 Å². The van der Waals surface area contributed by atoms with Crippen molar-refractivity contribution in [3.05, 3.63) is 133 Å². The number of carbonyl (C=O) groups excluding carboxylic acids is 1. The van der Waals surface area contributed by atoms with Crippen LogP contribution in [0.3, 0.4) is 0 Å². The van der Waals surface area contributed by atoms with Gasteiger partial charge in [-0.2, -0.15) is 0 Å². The summed E-state index contributed by atoms with van der Waals surface area (Å²) in [6.45, 7) is 0. The van der Waals surface area contributed by atoms with Gasteiger partial charge in [0.25, 0.3) is 0 Å². The Hall–Kier alpha value is -5.81. The van der Waals surface area contributed by atoms with Crippen molar-refractivity contribution < 1.29 is 23.7 Å². The predicted molar refractivity (Wildman–Crippen MR) is 185 cm³/mol. The summed E-state index contributed by atoms with van der Waals surface area (Å²) in [6.07, 6.45) is 0.864. The fourth-order valence-electron chi connectivity index (χ4n) is 5.65. The molecule has 46 heavy (non-hydrogen) atoms. The number of rotatable bonds is 10. The number of ether oxygens (including phenoxy) is 4. The van der Waals surface area contributed by atoms with Gasteiger partial charge in [0.1, 0.15) is 29.3 Å². The van der Waals surface area contributed by atoms with Crippen LogP contribution in [0, 0.1) is 0 Å². The minimum atomic E-state index is 0.646. The van der Waals surface area contributed by atoms with Gasteiger partial charge in [0.2, 0.25) is 0 Å². The van der Waals surface area contributed by atoms with Crippen LogP contribution in [0.25, 0.3) is 55.6 Å². The molecule has 0 aliphatic rings. The van der Waals surface area contributed by atoms with Gasteiger partial charge in [-0.3, -0.25) is 4.79 Å². The molecule has 0 N–H and O–H groups in total. The van der Waals surface area contributed by atoms with E-state index in [9.17, 15) is 4.79 Å². The van der Waals surface area contributed by atoms with Crippen LogP contribution in [0.15, 0.2) is 127 Å². The lowest BCUT2D eigenvalue weighted by atomic mass is 9.91. The zero-order valence-electron chi connectivity index (χ0n) is 26.2. The van der Waals surface area contributed by atoms with Gasteiger partial charge in [0.05, 0.1) is 28.4 Å². The van der Waals surface area contributed by atoms with E-state index in [0.29, 0.717) is 5.56 Å². The fraction of sp³-hybridized carbons (Fsp3) is 0.0976. The number of methoxy groups -OCH3 is 4.